The predicted octanol–water partition coefficient (Wildman–Crippen LogP) is 5.70. The number of H-pyrrole nitrogens is 1. The van der Waals surface area contributed by atoms with Crippen molar-refractivity contribution in [3.8, 4) is 22.6 Å². The molecule has 0 aliphatic rings. The number of ether oxygens (including phenoxy) is 2. The van der Waals surface area contributed by atoms with Crippen LogP contribution < -0.4 is 14.8 Å². The molecule has 0 spiro atoms. The zero-order valence-corrected chi connectivity index (χ0v) is 18.9. The summed E-state index contributed by atoms with van der Waals surface area (Å²) < 4.78 is 25.8. The molecule has 4 rings (SSSR count). The second kappa shape index (κ2) is 9.00. The molecule has 32 heavy (non-hydrogen) atoms. The molecule has 0 radical (unpaired) electrons. The number of rotatable bonds is 7. The molecule has 2 N–H and O–H groups in total. The van der Waals surface area contributed by atoms with E-state index < -0.39 is 5.82 Å². The second-order valence-electron chi connectivity index (χ2n) is 7.25. The quantitative estimate of drug-likeness (QED) is 0.371. The molecule has 1 unspecified atom stereocenters. The number of nitrogens with one attached hydrogen (secondary N) is 2. The van der Waals surface area contributed by atoms with Crippen LogP contribution in [0, 0.1) is 12.7 Å². The van der Waals surface area contributed by atoms with E-state index in [0.29, 0.717) is 39.9 Å². The molecule has 2 aromatic carbocycles. The number of nitrogens with zero attached hydrogens (tertiary/aromatic N) is 3. The molecule has 1 atom stereocenters. The van der Waals surface area contributed by atoms with Crippen molar-refractivity contribution in [1.82, 2.24) is 19.9 Å². The molecule has 2 aromatic heterocycles. The average Bonchev–Trinajstić information content (AvgIpc) is 3.26. The molecular weight excluding hydrogens is 433 g/mol. The Kier molecular flexibility index (Phi) is 6.14. The summed E-state index contributed by atoms with van der Waals surface area (Å²) >= 11 is 6.60. The minimum Gasteiger partial charge on any atom is -0.496 e. The van der Waals surface area contributed by atoms with Crippen molar-refractivity contribution in [2.45, 2.75) is 26.8 Å². The minimum absolute atomic E-state index is 0.206. The maximum absolute atomic E-state index is 14.6. The fraction of sp³-hybridized carbons (Fsp3) is 0.261. The van der Waals surface area contributed by atoms with Crippen molar-refractivity contribution in [3.63, 3.8) is 0 Å². The van der Waals surface area contributed by atoms with Gasteiger partial charge in [0.2, 0.25) is 0 Å². The Bertz CT molecular complexity index is 1280. The molecule has 0 aliphatic heterocycles. The van der Waals surface area contributed by atoms with Crippen LogP contribution in [0.4, 0.5) is 10.2 Å². The Morgan fingerprint density at radius 2 is 2.03 bits per heavy atom. The van der Waals surface area contributed by atoms with Crippen molar-refractivity contribution in [2.24, 2.45) is 0 Å². The van der Waals surface area contributed by atoms with Gasteiger partial charge in [0.15, 0.2) is 23.0 Å². The molecule has 0 aliphatic carbocycles. The van der Waals surface area contributed by atoms with E-state index in [4.69, 9.17) is 21.1 Å². The van der Waals surface area contributed by atoms with Gasteiger partial charge in [0, 0.05) is 16.1 Å². The number of aromatic amines is 1. The first-order chi connectivity index (χ1) is 15.4. The summed E-state index contributed by atoms with van der Waals surface area (Å²) in [7, 11) is 1.59. The van der Waals surface area contributed by atoms with Crippen molar-refractivity contribution < 1.29 is 13.9 Å². The SMILES string of the molecule is CCOc1ccc(-c2c(C)c(Cl)cc(C(C)Nc3ncnc4nc[nH]c34)c2OC)cc1F. The number of benzene rings is 2. The predicted molar refractivity (Wildman–Crippen MR) is 123 cm³/mol. The summed E-state index contributed by atoms with van der Waals surface area (Å²) in [6, 6.07) is 6.47. The van der Waals surface area contributed by atoms with Gasteiger partial charge in [-0.2, -0.15) is 0 Å². The Morgan fingerprint density at radius 1 is 1.22 bits per heavy atom. The van der Waals surface area contributed by atoms with Crippen LogP contribution in [-0.2, 0) is 0 Å². The highest BCUT2D eigenvalue weighted by atomic mass is 35.5. The largest absolute Gasteiger partial charge is 0.496 e. The molecule has 166 valence electrons. The van der Waals surface area contributed by atoms with Crippen molar-refractivity contribution >= 4 is 28.6 Å². The smallest absolute Gasteiger partial charge is 0.182 e. The van der Waals surface area contributed by atoms with Crippen LogP contribution in [0.15, 0.2) is 36.9 Å². The van der Waals surface area contributed by atoms with Gasteiger partial charge >= 0.3 is 0 Å². The van der Waals surface area contributed by atoms with E-state index in [1.165, 1.54) is 12.4 Å². The van der Waals surface area contributed by atoms with Gasteiger partial charge in [-0.1, -0.05) is 17.7 Å². The fourth-order valence-electron chi connectivity index (χ4n) is 3.72. The topological polar surface area (TPSA) is 85.0 Å². The summed E-state index contributed by atoms with van der Waals surface area (Å²) in [6.45, 7) is 6.05. The zero-order chi connectivity index (χ0) is 22.8. The third-order valence-electron chi connectivity index (χ3n) is 5.27. The van der Waals surface area contributed by atoms with Gasteiger partial charge in [0.1, 0.15) is 17.6 Å². The molecular formula is C23H23ClFN5O2. The first-order valence-corrected chi connectivity index (χ1v) is 10.5. The molecule has 0 fully saturated rings. The van der Waals surface area contributed by atoms with E-state index in [9.17, 15) is 4.39 Å². The minimum atomic E-state index is -0.443. The summed E-state index contributed by atoms with van der Waals surface area (Å²) in [6.07, 6.45) is 3.02. The van der Waals surface area contributed by atoms with Gasteiger partial charge in [0.05, 0.1) is 26.1 Å². The number of hydrogen-bond acceptors (Lipinski definition) is 6. The van der Waals surface area contributed by atoms with E-state index >= 15 is 0 Å². The Morgan fingerprint density at radius 3 is 2.75 bits per heavy atom. The average molecular weight is 456 g/mol. The Labute approximate surface area is 190 Å². The molecule has 2 heterocycles. The normalized spacial score (nSPS) is 12.1. The third-order valence-corrected chi connectivity index (χ3v) is 5.66. The van der Waals surface area contributed by atoms with Crippen molar-refractivity contribution in [2.75, 3.05) is 19.0 Å². The van der Waals surface area contributed by atoms with Gasteiger partial charge in [-0.05, 0) is 50.1 Å². The number of fused-ring (bicyclic) bond motifs is 1. The highest BCUT2D eigenvalue weighted by Gasteiger charge is 2.22. The van der Waals surface area contributed by atoms with E-state index in [1.807, 2.05) is 26.8 Å². The summed E-state index contributed by atoms with van der Waals surface area (Å²) in [5.41, 5.74) is 4.23. The fourth-order valence-corrected chi connectivity index (χ4v) is 3.93. The molecule has 7 nitrogen and oxygen atoms in total. The standard InChI is InChI=1S/C23H23ClFN5O2/c1-5-32-18-7-6-14(8-17(18)25)19-12(2)16(24)9-15(21(19)31-4)13(3)30-23-20-22(27-10-26-20)28-11-29-23/h6-11,13H,5H2,1-4H3,(H2,26,27,28,29,30). The van der Waals surface area contributed by atoms with E-state index in [2.05, 4.69) is 25.3 Å². The van der Waals surface area contributed by atoms with Gasteiger partial charge in [0.25, 0.3) is 0 Å². The zero-order valence-electron chi connectivity index (χ0n) is 18.2. The molecule has 0 amide bonds. The van der Waals surface area contributed by atoms with Crippen LogP contribution in [-0.4, -0.2) is 33.7 Å². The first kappa shape index (κ1) is 21.8. The van der Waals surface area contributed by atoms with Crippen LogP contribution in [0.3, 0.4) is 0 Å². The summed E-state index contributed by atoms with van der Waals surface area (Å²) in [5.74, 6) is 0.969. The highest BCUT2D eigenvalue weighted by molar-refractivity contribution is 6.32. The van der Waals surface area contributed by atoms with E-state index in [0.717, 1.165) is 16.7 Å². The van der Waals surface area contributed by atoms with Crippen LogP contribution >= 0.6 is 11.6 Å². The maximum atomic E-state index is 14.6. The molecule has 4 aromatic rings. The Hall–Kier alpha value is -3.39. The first-order valence-electron chi connectivity index (χ1n) is 10.1. The lowest BCUT2D eigenvalue weighted by Gasteiger charge is -2.23. The van der Waals surface area contributed by atoms with Crippen LogP contribution in [0.2, 0.25) is 5.02 Å². The van der Waals surface area contributed by atoms with Crippen LogP contribution in [0.1, 0.15) is 31.0 Å². The lowest BCUT2D eigenvalue weighted by molar-refractivity contribution is 0.321. The van der Waals surface area contributed by atoms with Crippen molar-refractivity contribution in [3.05, 3.63) is 58.9 Å². The lowest BCUT2D eigenvalue weighted by atomic mass is 9.93. The lowest BCUT2D eigenvalue weighted by Crippen LogP contribution is -2.11. The number of anilines is 1. The number of methoxy groups -OCH3 is 1. The number of hydrogen-bond donors (Lipinski definition) is 2. The monoisotopic (exact) mass is 455 g/mol. The van der Waals surface area contributed by atoms with Gasteiger partial charge in [-0.25, -0.2) is 19.3 Å². The third kappa shape index (κ3) is 3.93. The van der Waals surface area contributed by atoms with Crippen LogP contribution in [0.25, 0.3) is 22.3 Å². The molecule has 0 saturated heterocycles. The molecule has 0 saturated carbocycles. The van der Waals surface area contributed by atoms with E-state index in [-0.39, 0.29) is 11.8 Å². The second-order valence-corrected chi connectivity index (χ2v) is 7.66. The molecule has 0 bridgehead atoms. The summed E-state index contributed by atoms with van der Waals surface area (Å²) in [4.78, 5) is 15.7. The highest BCUT2D eigenvalue weighted by Crippen LogP contribution is 2.43. The van der Waals surface area contributed by atoms with Crippen molar-refractivity contribution in [1.29, 1.82) is 0 Å². The van der Waals surface area contributed by atoms with Gasteiger partial charge in [-0.3, -0.25) is 0 Å². The maximum Gasteiger partial charge on any atom is 0.182 e. The van der Waals surface area contributed by atoms with Crippen LogP contribution in [0.5, 0.6) is 11.5 Å². The molecule has 9 heteroatoms. The number of imidazole rings is 1. The van der Waals surface area contributed by atoms with Gasteiger partial charge in [-0.15, -0.1) is 0 Å². The summed E-state index contributed by atoms with van der Waals surface area (Å²) in [5, 5.41) is 3.92. The number of halogens is 2. The number of aromatic nitrogens is 4. The van der Waals surface area contributed by atoms with E-state index in [1.54, 1.807) is 25.6 Å². The van der Waals surface area contributed by atoms with Gasteiger partial charge < -0.3 is 19.8 Å². The Balaban J connectivity index is 1.79.